The van der Waals surface area contributed by atoms with Gasteiger partial charge in [0.15, 0.2) is 0 Å². The van der Waals surface area contributed by atoms with Gasteiger partial charge in [0.05, 0.1) is 0 Å². The van der Waals surface area contributed by atoms with Crippen LogP contribution in [0.4, 0.5) is 0 Å². The van der Waals surface area contributed by atoms with Gasteiger partial charge in [-0.1, -0.05) is 13.8 Å². The second kappa shape index (κ2) is 6.55. The summed E-state index contributed by atoms with van der Waals surface area (Å²) in [6.45, 7) is 16.9. The van der Waals surface area contributed by atoms with Crippen LogP contribution in [-0.4, -0.2) is 41.7 Å². The molecule has 0 aromatic heterocycles. The fourth-order valence-corrected chi connectivity index (χ4v) is 4.25. The number of hydrogen-bond donors (Lipinski definition) is 2. The first kappa shape index (κ1) is 16.9. The first-order chi connectivity index (χ1) is 8.74. The Balaban J connectivity index is 2.88. The highest BCUT2D eigenvalue weighted by Crippen LogP contribution is 2.37. The third-order valence-electron chi connectivity index (χ3n) is 4.51. The molecule has 3 N–H and O–H groups in total. The number of nitrogens with one attached hydrogen (secondary N) is 1. The molecule has 0 saturated carbocycles. The molecule has 0 aliphatic carbocycles. The smallest absolute Gasteiger partial charge is 0.0137 e. The molecule has 3 nitrogen and oxygen atoms in total. The van der Waals surface area contributed by atoms with E-state index < -0.39 is 0 Å². The van der Waals surface area contributed by atoms with Crippen LogP contribution in [0.15, 0.2) is 0 Å². The quantitative estimate of drug-likeness (QED) is 0.779. The molecule has 114 valence electrons. The van der Waals surface area contributed by atoms with E-state index in [9.17, 15) is 0 Å². The van der Waals surface area contributed by atoms with Crippen LogP contribution in [0.2, 0.25) is 0 Å². The van der Waals surface area contributed by atoms with Crippen LogP contribution in [0.1, 0.15) is 60.8 Å². The van der Waals surface area contributed by atoms with E-state index in [-0.39, 0.29) is 11.1 Å². The number of nitrogens with zero attached hydrogens (tertiary/aromatic N) is 1. The molecule has 0 spiro atoms. The van der Waals surface area contributed by atoms with Crippen LogP contribution in [0.5, 0.6) is 0 Å². The van der Waals surface area contributed by atoms with Crippen molar-refractivity contribution in [2.45, 2.75) is 77.9 Å². The number of hydrogen-bond acceptors (Lipinski definition) is 3. The molecule has 0 radical (unpaired) electrons. The summed E-state index contributed by atoms with van der Waals surface area (Å²) in [5, 5.41) is 3.78. The zero-order chi connectivity index (χ0) is 14.7. The normalized spacial score (nSPS) is 24.6. The molecule has 0 aromatic rings. The molecule has 1 aliphatic heterocycles. The van der Waals surface area contributed by atoms with Gasteiger partial charge in [-0.25, -0.2) is 0 Å². The molecule has 0 bridgehead atoms. The highest BCUT2D eigenvalue weighted by molar-refractivity contribution is 5.00. The van der Waals surface area contributed by atoms with E-state index in [1.807, 2.05) is 0 Å². The summed E-state index contributed by atoms with van der Waals surface area (Å²) in [7, 11) is 0. The zero-order valence-electron chi connectivity index (χ0n) is 13.9. The van der Waals surface area contributed by atoms with Crippen molar-refractivity contribution in [3.63, 3.8) is 0 Å². The van der Waals surface area contributed by atoms with Gasteiger partial charge in [0, 0.05) is 17.1 Å². The largest absolute Gasteiger partial charge is 0.330 e. The maximum absolute atomic E-state index is 5.88. The summed E-state index contributed by atoms with van der Waals surface area (Å²) < 4.78 is 0. The van der Waals surface area contributed by atoms with Gasteiger partial charge >= 0.3 is 0 Å². The Morgan fingerprint density at radius 3 is 1.95 bits per heavy atom. The average molecular weight is 269 g/mol. The Kier molecular flexibility index (Phi) is 5.84. The van der Waals surface area contributed by atoms with Crippen LogP contribution in [0.3, 0.4) is 0 Å². The van der Waals surface area contributed by atoms with Crippen molar-refractivity contribution in [3.05, 3.63) is 0 Å². The predicted molar refractivity (Wildman–Crippen MR) is 84.4 cm³/mol. The van der Waals surface area contributed by atoms with Crippen molar-refractivity contribution in [3.8, 4) is 0 Å². The minimum absolute atomic E-state index is 0.229. The molecular weight excluding hydrogens is 234 g/mol. The van der Waals surface area contributed by atoms with E-state index in [2.05, 4.69) is 51.8 Å². The first-order valence-corrected chi connectivity index (χ1v) is 7.98. The summed E-state index contributed by atoms with van der Waals surface area (Å²) in [6, 6.07) is 0.639. The lowest BCUT2D eigenvalue weighted by atomic mass is 9.72. The summed E-state index contributed by atoms with van der Waals surface area (Å²) in [6.07, 6.45) is 3.62. The maximum atomic E-state index is 5.88. The van der Waals surface area contributed by atoms with Crippen molar-refractivity contribution in [1.29, 1.82) is 0 Å². The maximum Gasteiger partial charge on any atom is 0.0137 e. The van der Waals surface area contributed by atoms with Crippen LogP contribution < -0.4 is 11.1 Å². The van der Waals surface area contributed by atoms with E-state index in [0.29, 0.717) is 6.04 Å². The Labute approximate surface area is 120 Å². The summed E-state index contributed by atoms with van der Waals surface area (Å²) in [5.74, 6) is 0.745. The van der Waals surface area contributed by atoms with Crippen molar-refractivity contribution >= 4 is 0 Å². The molecule has 1 atom stereocenters. The van der Waals surface area contributed by atoms with Gasteiger partial charge in [-0.2, -0.15) is 0 Å². The van der Waals surface area contributed by atoms with E-state index in [1.54, 1.807) is 0 Å². The number of nitrogens with two attached hydrogens (primary N) is 1. The lowest BCUT2D eigenvalue weighted by molar-refractivity contribution is 0.0529. The Morgan fingerprint density at radius 2 is 1.58 bits per heavy atom. The molecule has 1 saturated heterocycles. The average Bonchev–Trinajstić information content (AvgIpc) is 2.25. The van der Waals surface area contributed by atoms with Crippen LogP contribution in [0.25, 0.3) is 0 Å². The lowest BCUT2D eigenvalue weighted by Gasteiger charge is -2.50. The van der Waals surface area contributed by atoms with Crippen LogP contribution in [-0.2, 0) is 0 Å². The van der Waals surface area contributed by atoms with E-state index in [4.69, 9.17) is 5.73 Å². The molecule has 1 heterocycles. The second-order valence-corrected chi connectivity index (χ2v) is 7.43. The molecule has 0 amide bonds. The van der Waals surface area contributed by atoms with Gasteiger partial charge in [0.2, 0.25) is 0 Å². The molecule has 1 aliphatic rings. The van der Waals surface area contributed by atoms with Crippen molar-refractivity contribution in [2.75, 3.05) is 19.6 Å². The van der Waals surface area contributed by atoms with Crippen LogP contribution >= 0.6 is 0 Å². The van der Waals surface area contributed by atoms with Crippen molar-refractivity contribution in [1.82, 2.24) is 10.2 Å². The number of rotatable bonds is 6. The number of piperidine rings is 1. The van der Waals surface area contributed by atoms with E-state index in [1.165, 1.54) is 12.8 Å². The summed E-state index contributed by atoms with van der Waals surface area (Å²) in [4.78, 5) is 2.61. The highest BCUT2D eigenvalue weighted by Gasteiger charge is 2.41. The molecule has 19 heavy (non-hydrogen) atoms. The zero-order valence-corrected chi connectivity index (χ0v) is 13.9. The Morgan fingerprint density at radius 1 is 1.11 bits per heavy atom. The predicted octanol–water partition coefficient (Wildman–Crippen LogP) is 2.60. The minimum atomic E-state index is 0.229. The summed E-state index contributed by atoms with van der Waals surface area (Å²) in [5.41, 5.74) is 6.33. The fourth-order valence-electron chi connectivity index (χ4n) is 4.25. The second-order valence-electron chi connectivity index (χ2n) is 7.43. The molecule has 3 heteroatoms. The third-order valence-corrected chi connectivity index (χ3v) is 4.51. The van der Waals surface area contributed by atoms with Gasteiger partial charge in [-0.05, 0) is 72.5 Å². The molecular formula is C16H35N3. The van der Waals surface area contributed by atoms with Crippen molar-refractivity contribution in [2.24, 2.45) is 11.7 Å². The van der Waals surface area contributed by atoms with Gasteiger partial charge in [-0.15, -0.1) is 0 Å². The standard InChI is InChI=1S/C16H35N3/c1-7-19(8-2)14(9-10-17)13-11-15(3,4)18-16(5,6)12-13/h13-14,18H,7-12,17H2,1-6H3. The van der Waals surface area contributed by atoms with E-state index in [0.717, 1.165) is 32.0 Å². The monoisotopic (exact) mass is 269 g/mol. The topological polar surface area (TPSA) is 41.3 Å². The highest BCUT2D eigenvalue weighted by atomic mass is 15.2. The van der Waals surface area contributed by atoms with Gasteiger partial charge in [-0.3, -0.25) is 0 Å². The Hall–Kier alpha value is -0.120. The first-order valence-electron chi connectivity index (χ1n) is 7.98. The van der Waals surface area contributed by atoms with Crippen LogP contribution in [0, 0.1) is 5.92 Å². The molecule has 1 fully saturated rings. The summed E-state index contributed by atoms with van der Waals surface area (Å²) >= 11 is 0. The van der Waals surface area contributed by atoms with Gasteiger partial charge < -0.3 is 16.0 Å². The van der Waals surface area contributed by atoms with Gasteiger partial charge in [0.25, 0.3) is 0 Å². The lowest BCUT2D eigenvalue weighted by Crippen LogP contribution is -2.60. The minimum Gasteiger partial charge on any atom is -0.330 e. The fraction of sp³-hybridized carbons (Fsp3) is 1.00. The molecule has 0 aromatic carbocycles. The third kappa shape index (κ3) is 4.73. The van der Waals surface area contributed by atoms with E-state index >= 15 is 0 Å². The van der Waals surface area contributed by atoms with Crippen molar-refractivity contribution < 1.29 is 0 Å². The van der Waals surface area contributed by atoms with Gasteiger partial charge in [0.1, 0.15) is 0 Å². The molecule has 1 rings (SSSR count). The Bertz CT molecular complexity index is 253. The SMILES string of the molecule is CCN(CC)C(CCN)C1CC(C)(C)NC(C)(C)C1. The molecule has 1 unspecified atom stereocenters.